The molecule has 118 heavy (non-hydrogen) atoms. The minimum absolute atomic E-state index is 0.0623. The third kappa shape index (κ3) is 15.1. The van der Waals surface area contributed by atoms with E-state index in [0.717, 1.165) is 45.1 Å². The summed E-state index contributed by atoms with van der Waals surface area (Å²) in [5.74, 6) is 0. The molecule has 0 saturated carbocycles. The van der Waals surface area contributed by atoms with Crippen molar-refractivity contribution in [3.05, 3.63) is 299 Å². The summed E-state index contributed by atoms with van der Waals surface area (Å²) in [7, 11) is 0. The van der Waals surface area contributed by atoms with Crippen LogP contribution in [0, 0.1) is 0 Å². The molecule has 0 bridgehead atoms. The van der Waals surface area contributed by atoms with Gasteiger partial charge in [0.05, 0.1) is 16.7 Å². The van der Waals surface area contributed by atoms with Gasteiger partial charge < -0.3 is 15.2 Å². The summed E-state index contributed by atoms with van der Waals surface area (Å²) in [4.78, 5) is 0. The van der Waals surface area contributed by atoms with Gasteiger partial charge in [0.15, 0.2) is 0 Å². The van der Waals surface area contributed by atoms with Gasteiger partial charge in [-0.15, -0.1) is 0 Å². The molecule has 0 amide bonds. The van der Waals surface area contributed by atoms with Crippen LogP contribution in [0.5, 0.6) is 0 Å². The Kier molecular flexibility index (Phi) is 19.6. The van der Waals surface area contributed by atoms with Crippen LogP contribution >= 0.6 is 0 Å². The number of benzene rings is 13. The molecular weight excluding hydrogens is 1420 g/mol. The zero-order chi connectivity index (χ0) is 84.4. The molecule has 0 unspecified atom stereocenters. The second-order valence-corrected chi connectivity index (χ2v) is 43.8. The van der Waals surface area contributed by atoms with E-state index in [1.165, 1.54) is 161 Å². The lowest BCUT2D eigenvalue weighted by atomic mass is 9.33. The van der Waals surface area contributed by atoms with Crippen molar-refractivity contribution < 1.29 is 0 Å². The van der Waals surface area contributed by atoms with E-state index in [1.807, 2.05) is 0 Å². The van der Waals surface area contributed by atoms with E-state index in [-0.39, 0.29) is 55.4 Å². The van der Waals surface area contributed by atoms with E-state index in [1.54, 1.807) is 0 Å². The molecule has 13 aromatic carbocycles. The van der Waals surface area contributed by atoms with E-state index in [0.29, 0.717) is 0 Å². The number of hydrogen-bond donors (Lipinski definition) is 2. The lowest BCUT2D eigenvalue weighted by Crippen LogP contribution is -2.59. The van der Waals surface area contributed by atoms with Crippen molar-refractivity contribution in [2.45, 2.75) is 236 Å². The van der Waals surface area contributed by atoms with Gasteiger partial charge in [-0.25, -0.2) is 0 Å². The van der Waals surface area contributed by atoms with Gasteiger partial charge in [-0.1, -0.05) is 393 Å². The third-order valence-electron chi connectivity index (χ3n) is 25.6. The fourth-order valence-electron chi connectivity index (χ4n) is 18.1. The predicted molar refractivity (Wildman–Crippen MR) is 517 cm³/mol. The predicted octanol–water partition coefficient (Wildman–Crippen LogP) is 30.4. The minimum Gasteiger partial charge on any atom is -0.356 e. The molecule has 0 spiro atoms. The molecule has 1 aromatic heterocycles. The number of nitrogens with one attached hydrogen (secondary N) is 2. The molecule has 3 heterocycles. The van der Waals surface area contributed by atoms with Crippen LogP contribution in [0.1, 0.15) is 237 Å². The van der Waals surface area contributed by atoms with Crippen LogP contribution in [0.25, 0.3) is 117 Å². The highest BCUT2D eigenvalue weighted by Crippen LogP contribution is 2.53. The van der Waals surface area contributed by atoms with Gasteiger partial charge in [0.25, 0.3) is 6.71 Å². The van der Waals surface area contributed by atoms with Gasteiger partial charge in [-0.05, 0) is 236 Å². The first-order valence-corrected chi connectivity index (χ1v) is 43.3. The van der Waals surface area contributed by atoms with Crippen molar-refractivity contribution >= 4 is 67.7 Å². The van der Waals surface area contributed by atoms with Crippen molar-refractivity contribution in [2.24, 2.45) is 0 Å². The second kappa shape index (κ2) is 28.5. The Morgan fingerprint density at radius 3 is 0.839 bits per heavy atom. The third-order valence-corrected chi connectivity index (χ3v) is 25.6. The molecule has 2 aliphatic rings. The topological polar surface area (TPSA) is 29.0 Å². The summed E-state index contributed by atoms with van der Waals surface area (Å²) in [6.07, 6.45) is 0. The average Bonchev–Trinajstić information content (AvgIpc) is 0.919. The van der Waals surface area contributed by atoms with Gasteiger partial charge in [0, 0.05) is 44.6 Å². The molecule has 0 aliphatic carbocycles. The first-order chi connectivity index (χ1) is 55.1. The molecule has 3 nitrogen and oxygen atoms in total. The molecule has 14 aromatic rings. The largest absolute Gasteiger partial charge is 0.356 e. The Labute approximate surface area is 707 Å². The number of rotatable bonds is 9. The van der Waals surface area contributed by atoms with E-state index in [9.17, 15) is 0 Å². The normalized spacial score (nSPS) is 13.5. The molecule has 2 aliphatic heterocycles. The molecule has 2 N–H and O–H groups in total. The maximum atomic E-state index is 4.57. The lowest BCUT2D eigenvalue weighted by Gasteiger charge is -2.38. The van der Waals surface area contributed by atoms with Crippen LogP contribution in [0.4, 0.5) is 22.7 Å². The van der Waals surface area contributed by atoms with Crippen LogP contribution in [0.2, 0.25) is 0 Å². The molecule has 0 atom stereocenters. The fourth-order valence-corrected chi connectivity index (χ4v) is 18.1. The van der Waals surface area contributed by atoms with Crippen molar-refractivity contribution in [1.29, 1.82) is 0 Å². The van der Waals surface area contributed by atoms with Crippen molar-refractivity contribution in [3.8, 4) is 94.7 Å². The summed E-state index contributed by atoms with van der Waals surface area (Å²) in [6, 6.07) is 98.8. The van der Waals surface area contributed by atoms with E-state index >= 15 is 0 Å². The number of aromatic nitrogens is 1. The highest BCUT2D eigenvalue weighted by atomic mass is 15.0. The second-order valence-electron chi connectivity index (χ2n) is 43.8. The SMILES string of the molecule is CC(C)(C)c1cccc(-c2cccc(-c3cccc(C(C)(C)C)c3)c2-c2cc(-c3cc(C(C)(C)C)cc(C(C)(C)C)c3)cc3c2Nc2cc(-n4c5ccccc5c5cc(C(C)(C)C)ccc54)cc4c2B3c2cc(-c3cc(C(C)(C)C)cc(C(C)(C)C)c3)cc(-c3c(-c5cccc(C(C)(C)C)c5)cccc3-c3cccc(C(C)(C)C)c3)c2N4)c1. The molecule has 4 heteroatoms. The molecular formula is C114H124BN3. The van der Waals surface area contributed by atoms with Crippen LogP contribution < -0.4 is 27.0 Å². The highest BCUT2D eigenvalue weighted by Gasteiger charge is 2.43. The van der Waals surface area contributed by atoms with Crippen LogP contribution in [-0.4, -0.2) is 11.3 Å². The van der Waals surface area contributed by atoms with E-state index in [2.05, 4.69) is 451 Å². The zero-order valence-electron chi connectivity index (χ0n) is 75.7. The Bertz CT molecular complexity index is 5820. The zero-order valence-corrected chi connectivity index (χ0v) is 75.7. The molecule has 0 radical (unpaired) electrons. The quantitative estimate of drug-likeness (QED) is 0.141. The maximum absolute atomic E-state index is 4.57. The number of anilines is 4. The summed E-state index contributed by atoms with van der Waals surface area (Å²) in [6.45, 7) is 63.4. The maximum Gasteiger partial charge on any atom is 0.252 e. The summed E-state index contributed by atoms with van der Waals surface area (Å²) in [5.41, 5.74) is 40.9. The Balaban J connectivity index is 1.13. The molecule has 0 fully saturated rings. The molecule has 598 valence electrons. The number of para-hydroxylation sites is 1. The summed E-state index contributed by atoms with van der Waals surface area (Å²) < 4.78 is 2.55. The monoisotopic (exact) mass is 1550 g/mol. The minimum atomic E-state index is -0.342. The van der Waals surface area contributed by atoms with Crippen molar-refractivity contribution in [2.75, 3.05) is 10.6 Å². The van der Waals surface area contributed by atoms with Crippen molar-refractivity contribution in [3.63, 3.8) is 0 Å². The molecule has 16 rings (SSSR count). The van der Waals surface area contributed by atoms with Gasteiger partial charge in [-0.2, -0.15) is 0 Å². The number of nitrogens with zero attached hydrogens (tertiary/aromatic N) is 1. The van der Waals surface area contributed by atoms with Crippen molar-refractivity contribution in [1.82, 2.24) is 4.57 Å². The standard InChI is InChI=1S/C114H124BN3/c1-106(2,3)77-40-30-36-69(52-77)87-45-34-46-88(70-37-31-41-78(53-70)107(4,5)6)101(87)93-60-75(73-56-82(111(16,17)18)64-83(57-73)112(19,20)21)62-95-104(93)116-97-67-86(118-99-49-29-28-44-91(99)92-66-81(110(13,14)15)50-51-100(92)118)68-98-103(97)115(95)96-63-76(74-58-84(113(22,23)24)65-85(59-74)114(25,26)27)61-94(105(96)117-98)102-89(71-38-32-42-79(54-71)108(7,8)9)47-35-48-90(102)72-39-33-43-80(55-72)109(10,11)12/h28-68,116-117H,1-27H3. The number of fused-ring (bicyclic) bond motifs is 7. The molecule has 0 saturated heterocycles. The van der Waals surface area contributed by atoms with Gasteiger partial charge >= 0.3 is 0 Å². The highest BCUT2D eigenvalue weighted by molar-refractivity contribution is 7.00. The fraction of sp³-hybridized carbons (Fsp3) is 0.316. The Hall–Kier alpha value is -10.7. The Morgan fingerprint density at radius 2 is 0.508 bits per heavy atom. The van der Waals surface area contributed by atoms with E-state index < -0.39 is 0 Å². The average molecular weight is 1550 g/mol. The van der Waals surface area contributed by atoms with E-state index in [4.69, 9.17) is 0 Å². The van der Waals surface area contributed by atoms with Crippen LogP contribution in [-0.2, 0) is 48.7 Å². The lowest BCUT2D eigenvalue weighted by molar-refractivity contribution is 0.568. The summed E-state index contributed by atoms with van der Waals surface area (Å²) >= 11 is 0. The first-order valence-electron chi connectivity index (χ1n) is 43.3. The van der Waals surface area contributed by atoms with Gasteiger partial charge in [-0.3, -0.25) is 0 Å². The number of hydrogen-bond acceptors (Lipinski definition) is 2. The van der Waals surface area contributed by atoms with Gasteiger partial charge in [0.2, 0.25) is 0 Å². The Morgan fingerprint density at radius 1 is 0.220 bits per heavy atom. The first kappa shape index (κ1) is 81.1. The smallest absolute Gasteiger partial charge is 0.252 e. The van der Waals surface area contributed by atoms with Gasteiger partial charge in [0.1, 0.15) is 0 Å². The van der Waals surface area contributed by atoms with Crippen LogP contribution in [0.3, 0.4) is 0 Å². The summed E-state index contributed by atoms with van der Waals surface area (Å²) in [5, 5.41) is 11.6. The van der Waals surface area contributed by atoms with Crippen LogP contribution in [0.15, 0.2) is 249 Å².